The number of aliphatic imine (C=N–C) groups is 1. The van der Waals surface area contributed by atoms with Crippen LogP contribution in [-0.4, -0.2) is 28.0 Å². The second-order valence-corrected chi connectivity index (χ2v) is 7.45. The Kier molecular flexibility index (Phi) is 5.58. The molecule has 1 aliphatic heterocycles. The topological polar surface area (TPSA) is 81.2 Å². The lowest BCUT2D eigenvalue weighted by molar-refractivity contribution is -0.118. The molecule has 0 unspecified atom stereocenters. The highest BCUT2D eigenvalue weighted by Gasteiger charge is 2.20. The number of Topliss-reactive ketones (excluding diaryl/α,β-unsaturated/α-hetero) is 1. The first-order chi connectivity index (χ1) is 14.1. The van der Waals surface area contributed by atoms with Crippen LogP contribution in [0.4, 0.5) is 0 Å². The van der Waals surface area contributed by atoms with Crippen LogP contribution in [0.25, 0.3) is 0 Å². The van der Waals surface area contributed by atoms with Crippen molar-refractivity contribution in [1.82, 2.24) is 9.97 Å². The van der Waals surface area contributed by atoms with E-state index in [0.29, 0.717) is 25.9 Å². The minimum absolute atomic E-state index is 0.0444. The average Bonchev–Trinajstić information content (AvgIpc) is 3.16. The van der Waals surface area contributed by atoms with E-state index in [2.05, 4.69) is 15.0 Å². The van der Waals surface area contributed by atoms with Crippen molar-refractivity contribution in [2.75, 3.05) is 6.54 Å². The third kappa shape index (κ3) is 4.30. The minimum Gasteiger partial charge on any atom is -0.330 e. The predicted molar refractivity (Wildman–Crippen MR) is 114 cm³/mol. The molecule has 0 radical (unpaired) electrons. The molecule has 0 spiro atoms. The number of rotatable bonds is 7. The molecule has 4 rings (SSSR count). The minimum atomic E-state index is 0.0444. The fraction of sp³-hybridized carbons (Fsp3) is 0.250. The van der Waals surface area contributed by atoms with E-state index in [-0.39, 0.29) is 11.7 Å². The Morgan fingerprint density at radius 1 is 1.14 bits per heavy atom. The van der Waals surface area contributed by atoms with Crippen molar-refractivity contribution >= 4 is 11.5 Å². The van der Waals surface area contributed by atoms with Gasteiger partial charge in [-0.25, -0.2) is 0 Å². The zero-order valence-corrected chi connectivity index (χ0v) is 16.5. The molecular weight excluding hydrogens is 360 g/mol. The molecule has 2 N–H and O–H groups in total. The monoisotopic (exact) mass is 384 g/mol. The van der Waals surface area contributed by atoms with Gasteiger partial charge in [-0.3, -0.25) is 19.8 Å². The molecule has 1 atom stereocenters. The van der Waals surface area contributed by atoms with Crippen molar-refractivity contribution in [2.45, 2.75) is 32.2 Å². The van der Waals surface area contributed by atoms with E-state index >= 15 is 0 Å². The molecule has 5 nitrogen and oxygen atoms in total. The molecule has 0 aliphatic carbocycles. The molecule has 0 fully saturated rings. The average molecular weight is 384 g/mol. The number of pyridine rings is 2. The maximum atomic E-state index is 12.6. The molecular formula is C24H24N4O. The third-order valence-corrected chi connectivity index (χ3v) is 5.29. The van der Waals surface area contributed by atoms with Crippen LogP contribution in [0, 0.1) is 6.92 Å². The van der Waals surface area contributed by atoms with Crippen molar-refractivity contribution in [1.29, 1.82) is 0 Å². The molecule has 0 bridgehead atoms. The van der Waals surface area contributed by atoms with Crippen molar-refractivity contribution in [3.05, 3.63) is 94.6 Å². The van der Waals surface area contributed by atoms with Crippen LogP contribution in [0.3, 0.4) is 0 Å². The molecule has 1 aromatic carbocycles. The Hall–Kier alpha value is -3.18. The van der Waals surface area contributed by atoms with Crippen LogP contribution >= 0.6 is 0 Å². The predicted octanol–water partition coefficient (Wildman–Crippen LogP) is 3.38. The van der Waals surface area contributed by atoms with Crippen LogP contribution in [0.15, 0.2) is 65.9 Å². The number of nitrogens with zero attached hydrogens (tertiary/aromatic N) is 3. The summed E-state index contributed by atoms with van der Waals surface area (Å²) in [7, 11) is 0. The molecule has 29 heavy (non-hydrogen) atoms. The second kappa shape index (κ2) is 8.45. The lowest BCUT2D eigenvalue weighted by atomic mass is 9.92. The lowest BCUT2D eigenvalue weighted by Crippen LogP contribution is -2.18. The van der Waals surface area contributed by atoms with Crippen LogP contribution < -0.4 is 5.73 Å². The van der Waals surface area contributed by atoms with Gasteiger partial charge in [0.05, 0.1) is 12.3 Å². The highest BCUT2D eigenvalue weighted by molar-refractivity contribution is 6.15. The van der Waals surface area contributed by atoms with Gasteiger partial charge in [0, 0.05) is 53.7 Å². The molecule has 0 amide bonds. The fourth-order valence-corrected chi connectivity index (χ4v) is 3.79. The highest BCUT2D eigenvalue weighted by Crippen LogP contribution is 2.24. The smallest absolute Gasteiger partial charge is 0.139 e. The zero-order chi connectivity index (χ0) is 20.2. The van der Waals surface area contributed by atoms with E-state index in [1.54, 1.807) is 6.20 Å². The quantitative estimate of drug-likeness (QED) is 0.677. The maximum absolute atomic E-state index is 12.6. The number of nitrogens with two attached hydrogens (primary N) is 1. The Morgan fingerprint density at radius 3 is 2.72 bits per heavy atom. The van der Waals surface area contributed by atoms with Gasteiger partial charge in [0.2, 0.25) is 0 Å². The summed E-state index contributed by atoms with van der Waals surface area (Å²) in [6.07, 6.45) is 4.39. The number of benzene rings is 1. The van der Waals surface area contributed by atoms with Crippen molar-refractivity contribution in [2.24, 2.45) is 10.7 Å². The van der Waals surface area contributed by atoms with Gasteiger partial charge in [0.25, 0.3) is 0 Å². The summed E-state index contributed by atoms with van der Waals surface area (Å²) in [4.78, 5) is 26.1. The number of fused-ring (bicyclic) bond motifs is 1. The van der Waals surface area contributed by atoms with Crippen LogP contribution in [0.1, 0.15) is 46.0 Å². The molecule has 0 saturated heterocycles. The summed E-state index contributed by atoms with van der Waals surface area (Å²) < 4.78 is 0. The van der Waals surface area contributed by atoms with Crippen molar-refractivity contribution < 1.29 is 4.79 Å². The number of ketones is 1. The molecule has 5 heteroatoms. The zero-order valence-electron chi connectivity index (χ0n) is 16.5. The van der Waals surface area contributed by atoms with E-state index < -0.39 is 0 Å². The number of aryl methyl sites for hydroxylation is 1. The summed E-state index contributed by atoms with van der Waals surface area (Å²) in [6, 6.07) is 16.0. The van der Waals surface area contributed by atoms with Crippen LogP contribution in [0.2, 0.25) is 0 Å². The van der Waals surface area contributed by atoms with Crippen molar-refractivity contribution in [3.63, 3.8) is 0 Å². The molecule has 0 saturated carbocycles. The largest absolute Gasteiger partial charge is 0.330 e. The third-order valence-electron chi connectivity index (χ3n) is 5.29. The molecule has 1 aliphatic rings. The molecule has 146 valence electrons. The van der Waals surface area contributed by atoms with Gasteiger partial charge in [-0.2, -0.15) is 0 Å². The fourth-order valence-electron chi connectivity index (χ4n) is 3.79. The first-order valence-corrected chi connectivity index (χ1v) is 9.86. The SMILES string of the molecule is Cc1cc(C2=NCc3cc(CC(=O)C[C@@H](CN)c4ccccc4)ncc32)ccn1. The summed E-state index contributed by atoms with van der Waals surface area (Å²) in [5, 5.41) is 0. The van der Waals surface area contributed by atoms with Crippen LogP contribution in [0.5, 0.6) is 0 Å². The van der Waals surface area contributed by atoms with Gasteiger partial charge in [0.15, 0.2) is 0 Å². The van der Waals surface area contributed by atoms with Gasteiger partial charge < -0.3 is 5.73 Å². The summed E-state index contributed by atoms with van der Waals surface area (Å²) in [6.45, 7) is 3.04. The molecule has 3 heterocycles. The molecule has 3 aromatic rings. The first kappa shape index (κ1) is 19.2. The standard InChI is InChI=1S/C24H24N4O/c1-16-9-18(7-8-26-16)24-23-15-27-21(10-20(23)14-28-24)12-22(29)11-19(13-25)17-5-3-2-4-6-17/h2-10,15,19H,11-14,25H2,1H3/t19-/m0/s1. The number of carbonyl (C=O) groups excluding carboxylic acids is 1. The van der Waals surface area contributed by atoms with Crippen molar-refractivity contribution in [3.8, 4) is 0 Å². The van der Waals surface area contributed by atoms with Gasteiger partial charge >= 0.3 is 0 Å². The Bertz CT molecular complexity index is 1060. The molecule has 2 aromatic heterocycles. The number of aromatic nitrogens is 2. The van der Waals surface area contributed by atoms with E-state index in [1.807, 2.05) is 61.7 Å². The number of carbonyl (C=O) groups is 1. The number of hydrogen-bond acceptors (Lipinski definition) is 5. The van der Waals surface area contributed by atoms with Gasteiger partial charge in [-0.05, 0) is 42.8 Å². The second-order valence-electron chi connectivity index (χ2n) is 7.45. The Balaban J connectivity index is 1.46. The normalized spacial score (nSPS) is 13.7. The van der Waals surface area contributed by atoms with E-state index in [0.717, 1.165) is 39.4 Å². The lowest BCUT2D eigenvalue weighted by Gasteiger charge is -2.14. The van der Waals surface area contributed by atoms with Gasteiger partial charge in [-0.1, -0.05) is 30.3 Å². The summed E-state index contributed by atoms with van der Waals surface area (Å²) >= 11 is 0. The van der Waals surface area contributed by atoms with E-state index in [4.69, 9.17) is 5.73 Å². The summed E-state index contributed by atoms with van der Waals surface area (Å²) in [5.41, 5.74) is 12.9. The number of hydrogen-bond donors (Lipinski definition) is 1. The Morgan fingerprint density at radius 2 is 1.97 bits per heavy atom. The van der Waals surface area contributed by atoms with Gasteiger partial charge in [-0.15, -0.1) is 0 Å². The first-order valence-electron chi connectivity index (χ1n) is 9.86. The maximum Gasteiger partial charge on any atom is 0.139 e. The summed E-state index contributed by atoms with van der Waals surface area (Å²) in [5.74, 6) is 0.198. The van der Waals surface area contributed by atoms with E-state index in [1.165, 1.54) is 0 Å². The highest BCUT2D eigenvalue weighted by atomic mass is 16.1. The van der Waals surface area contributed by atoms with Gasteiger partial charge in [0.1, 0.15) is 5.78 Å². The van der Waals surface area contributed by atoms with Crippen LogP contribution in [-0.2, 0) is 17.8 Å². The Labute approximate surface area is 170 Å². The van der Waals surface area contributed by atoms with E-state index in [9.17, 15) is 4.79 Å².